The van der Waals surface area contributed by atoms with Gasteiger partial charge in [-0.3, -0.25) is 8.61 Å². The molecule has 0 spiro atoms. The molecule has 8 heteroatoms. The maximum Gasteiger partial charge on any atom is 0.326 e. The van der Waals surface area contributed by atoms with Gasteiger partial charge in [0.2, 0.25) is 0 Å². The molecule has 0 saturated carbocycles. The lowest BCUT2D eigenvalue weighted by Gasteiger charge is -2.13. The number of rotatable bonds is 2. The van der Waals surface area contributed by atoms with Crippen molar-refractivity contribution in [3.63, 3.8) is 0 Å². The second-order valence-electron chi connectivity index (χ2n) is 5.54. The minimum atomic E-state index is -3.52. The van der Waals surface area contributed by atoms with Crippen molar-refractivity contribution in [2.75, 3.05) is 33.3 Å². The van der Waals surface area contributed by atoms with Crippen LogP contribution in [-0.2, 0) is 10.2 Å². The van der Waals surface area contributed by atoms with E-state index >= 15 is 0 Å². The number of amides is 2. The molecule has 1 aliphatic heterocycles. The quantitative estimate of drug-likeness (QED) is 0.877. The van der Waals surface area contributed by atoms with Crippen LogP contribution in [0, 0.1) is 6.92 Å². The standard InChI is InChI=1S/C16H18N4O3S/c1-11-6-4-5-7-13(11)18-16(21)17-12-8-9-14-15(10-12)20(3)24(22,23)19(14)2/h4-10H,1-3H3,(H2,17,18,21). The van der Waals surface area contributed by atoms with Gasteiger partial charge in [0.1, 0.15) is 0 Å². The van der Waals surface area contributed by atoms with Crippen molar-refractivity contribution in [3.05, 3.63) is 48.0 Å². The molecule has 2 aromatic rings. The second-order valence-corrected chi connectivity index (χ2v) is 7.53. The summed E-state index contributed by atoms with van der Waals surface area (Å²) in [6, 6.07) is 12.0. The smallest absolute Gasteiger partial charge is 0.308 e. The van der Waals surface area contributed by atoms with Crippen molar-refractivity contribution >= 4 is 39.0 Å². The first-order valence-electron chi connectivity index (χ1n) is 7.31. The summed E-state index contributed by atoms with van der Waals surface area (Å²) in [5.41, 5.74) is 3.27. The lowest BCUT2D eigenvalue weighted by atomic mass is 10.2. The third-order valence-electron chi connectivity index (χ3n) is 4.00. The number of nitrogens with zero attached hydrogens (tertiary/aromatic N) is 2. The number of fused-ring (bicyclic) bond motifs is 1. The summed E-state index contributed by atoms with van der Waals surface area (Å²) in [4.78, 5) is 12.1. The number of carbonyl (C=O) groups excluding carboxylic acids is 1. The molecule has 0 aromatic heterocycles. The Balaban J connectivity index is 1.80. The number of nitrogens with one attached hydrogen (secondary N) is 2. The molecule has 126 valence electrons. The average Bonchev–Trinajstić information content (AvgIpc) is 2.71. The monoisotopic (exact) mass is 346 g/mol. The van der Waals surface area contributed by atoms with Crippen molar-refractivity contribution < 1.29 is 13.2 Å². The fourth-order valence-corrected chi connectivity index (χ4v) is 3.71. The molecule has 0 radical (unpaired) electrons. The van der Waals surface area contributed by atoms with Crippen LogP contribution >= 0.6 is 0 Å². The van der Waals surface area contributed by atoms with E-state index in [1.165, 1.54) is 22.7 Å². The Kier molecular flexibility index (Phi) is 3.84. The van der Waals surface area contributed by atoms with Gasteiger partial charge in [-0.25, -0.2) is 4.79 Å². The van der Waals surface area contributed by atoms with Crippen molar-refractivity contribution in [2.24, 2.45) is 0 Å². The Labute approximate surface area is 141 Å². The summed E-state index contributed by atoms with van der Waals surface area (Å²) >= 11 is 0. The van der Waals surface area contributed by atoms with E-state index in [0.717, 1.165) is 11.3 Å². The third kappa shape index (κ3) is 2.65. The van der Waals surface area contributed by atoms with Crippen LogP contribution in [0.5, 0.6) is 0 Å². The highest BCUT2D eigenvalue weighted by molar-refractivity contribution is 7.94. The van der Waals surface area contributed by atoms with E-state index in [4.69, 9.17) is 0 Å². The summed E-state index contributed by atoms with van der Waals surface area (Å²) in [6.45, 7) is 1.90. The van der Waals surface area contributed by atoms with Crippen molar-refractivity contribution in [3.8, 4) is 0 Å². The summed E-state index contributed by atoms with van der Waals surface area (Å²) in [7, 11) is -0.547. The molecular weight excluding hydrogens is 328 g/mol. The Morgan fingerprint density at radius 1 is 0.958 bits per heavy atom. The minimum Gasteiger partial charge on any atom is -0.308 e. The number of hydrogen-bond donors (Lipinski definition) is 2. The lowest BCUT2D eigenvalue weighted by Crippen LogP contribution is -2.32. The van der Waals surface area contributed by atoms with E-state index < -0.39 is 10.2 Å². The van der Waals surface area contributed by atoms with Crippen LogP contribution in [0.4, 0.5) is 27.5 Å². The number of urea groups is 1. The molecule has 0 bridgehead atoms. The number of aryl methyl sites for hydroxylation is 1. The van der Waals surface area contributed by atoms with Gasteiger partial charge in [0, 0.05) is 25.5 Å². The van der Waals surface area contributed by atoms with E-state index in [2.05, 4.69) is 10.6 Å². The first kappa shape index (κ1) is 16.1. The van der Waals surface area contributed by atoms with Gasteiger partial charge >= 0.3 is 16.2 Å². The van der Waals surface area contributed by atoms with Crippen LogP contribution in [0.25, 0.3) is 0 Å². The number of hydrogen-bond acceptors (Lipinski definition) is 3. The molecule has 7 nitrogen and oxygen atoms in total. The lowest BCUT2D eigenvalue weighted by molar-refractivity contribution is 0.262. The number of anilines is 4. The van der Waals surface area contributed by atoms with Crippen molar-refractivity contribution in [2.45, 2.75) is 6.92 Å². The molecule has 2 N–H and O–H groups in total. The highest BCUT2D eigenvalue weighted by Gasteiger charge is 2.35. The first-order chi connectivity index (χ1) is 11.3. The molecule has 1 aliphatic rings. The van der Waals surface area contributed by atoms with Gasteiger partial charge in [-0.2, -0.15) is 8.42 Å². The molecule has 0 aliphatic carbocycles. The molecule has 0 saturated heterocycles. The first-order valence-corrected chi connectivity index (χ1v) is 8.71. The third-order valence-corrected chi connectivity index (χ3v) is 5.77. The predicted molar refractivity (Wildman–Crippen MR) is 96.0 cm³/mol. The van der Waals surface area contributed by atoms with Gasteiger partial charge in [-0.15, -0.1) is 0 Å². The number of carbonyl (C=O) groups is 1. The minimum absolute atomic E-state index is 0.388. The normalized spacial score (nSPS) is 15.1. The molecule has 0 unspecified atom stereocenters. The predicted octanol–water partition coefficient (Wildman–Crippen LogP) is 2.77. The van der Waals surface area contributed by atoms with Gasteiger partial charge in [0.25, 0.3) is 0 Å². The van der Waals surface area contributed by atoms with Gasteiger partial charge in [0.15, 0.2) is 0 Å². The number of benzene rings is 2. The Hall–Kier alpha value is -2.74. The molecule has 2 amide bonds. The summed E-state index contributed by atoms with van der Waals surface area (Å²) < 4.78 is 26.6. The van der Waals surface area contributed by atoms with E-state index in [9.17, 15) is 13.2 Å². The number of para-hydroxylation sites is 1. The fraction of sp³-hybridized carbons (Fsp3) is 0.188. The van der Waals surface area contributed by atoms with Crippen LogP contribution < -0.4 is 19.2 Å². The van der Waals surface area contributed by atoms with Crippen molar-refractivity contribution in [1.82, 2.24) is 0 Å². The van der Waals surface area contributed by atoms with Crippen LogP contribution in [-0.4, -0.2) is 28.5 Å². The molecule has 1 heterocycles. The molecule has 0 fully saturated rings. The van der Waals surface area contributed by atoms with E-state index in [1.54, 1.807) is 18.2 Å². The van der Waals surface area contributed by atoms with Crippen LogP contribution in [0.15, 0.2) is 42.5 Å². The van der Waals surface area contributed by atoms with Gasteiger partial charge in [-0.1, -0.05) is 18.2 Å². The maximum atomic E-state index is 12.1. The Morgan fingerprint density at radius 3 is 2.33 bits per heavy atom. The Bertz CT molecular complexity index is 911. The largest absolute Gasteiger partial charge is 0.326 e. The van der Waals surface area contributed by atoms with E-state index in [1.807, 2.05) is 31.2 Å². The van der Waals surface area contributed by atoms with Gasteiger partial charge in [-0.05, 0) is 36.8 Å². The summed E-state index contributed by atoms with van der Waals surface area (Å²) in [5.74, 6) is 0. The second kappa shape index (κ2) is 5.72. The summed E-state index contributed by atoms with van der Waals surface area (Å²) in [5, 5.41) is 5.49. The maximum absolute atomic E-state index is 12.1. The zero-order valence-corrected chi connectivity index (χ0v) is 14.4. The van der Waals surface area contributed by atoms with Crippen LogP contribution in [0.2, 0.25) is 0 Å². The van der Waals surface area contributed by atoms with E-state index in [0.29, 0.717) is 17.1 Å². The zero-order valence-electron chi connectivity index (χ0n) is 13.6. The SMILES string of the molecule is Cc1ccccc1NC(=O)Nc1ccc2c(c1)N(C)S(=O)(=O)N2C. The van der Waals surface area contributed by atoms with Gasteiger partial charge < -0.3 is 10.6 Å². The topological polar surface area (TPSA) is 81.8 Å². The molecule has 24 heavy (non-hydrogen) atoms. The fourth-order valence-electron chi connectivity index (χ4n) is 2.55. The molecule has 3 rings (SSSR count). The molecule has 0 atom stereocenters. The highest BCUT2D eigenvalue weighted by Crippen LogP contribution is 2.40. The average molecular weight is 346 g/mol. The Morgan fingerprint density at radius 2 is 1.62 bits per heavy atom. The highest BCUT2D eigenvalue weighted by atomic mass is 32.2. The summed E-state index contributed by atoms with van der Waals surface area (Å²) in [6.07, 6.45) is 0. The zero-order chi connectivity index (χ0) is 17.5. The van der Waals surface area contributed by atoms with E-state index in [-0.39, 0.29) is 6.03 Å². The van der Waals surface area contributed by atoms with Crippen LogP contribution in [0.3, 0.4) is 0 Å². The van der Waals surface area contributed by atoms with Gasteiger partial charge in [0.05, 0.1) is 11.4 Å². The molecular formula is C16H18N4O3S. The molecule has 2 aromatic carbocycles. The van der Waals surface area contributed by atoms with Crippen molar-refractivity contribution in [1.29, 1.82) is 0 Å². The van der Waals surface area contributed by atoms with Crippen LogP contribution in [0.1, 0.15) is 5.56 Å².